The standard InChI is InChI=1S/C24H24F2N6O2S/c1-12-20(22-30-16-11-27-9-8-17(16)35-22)21(31-18-6-7-19(33)24(18,2)34)32-23(29-12)28-10-13-14(25)4-3-5-15(13)26/h3-5,8-9,11,18-19,33-34H,6-7,10H2,1-2H3,(H2,28,29,31,32)/t18-,19-,24+/m1/s1. The number of benzene rings is 1. The van der Waals surface area contributed by atoms with E-state index in [0.29, 0.717) is 34.9 Å². The van der Waals surface area contributed by atoms with Crippen LogP contribution in [-0.2, 0) is 6.54 Å². The zero-order chi connectivity index (χ0) is 24.7. The summed E-state index contributed by atoms with van der Waals surface area (Å²) in [5.74, 6) is -0.760. The Morgan fingerprint density at radius 1 is 1.14 bits per heavy atom. The van der Waals surface area contributed by atoms with E-state index in [1.165, 1.54) is 29.5 Å². The molecule has 1 saturated carbocycles. The Morgan fingerprint density at radius 2 is 1.91 bits per heavy atom. The molecule has 0 unspecified atom stereocenters. The Bertz CT molecular complexity index is 1340. The highest BCUT2D eigenvalue weighted by atomic mass is 32.1. The molecule has 0 bridgehead atoms. The lowest BCUT2D eigenvalue weighted by Gasteiger charge is -2.30. The Balaban J connectivity index is 1.54. The molecule has 0 radical (unpaired) electrons. The molecule has 35 heavy (non-hydrogen) atoms. The highest BCUT2D eigenvalue weighted by Gasteiger charge is 2.45. The number of aliphatic hydroxyl groups excluding tert-OH is 1. The smallest absolute Gasteiger partial charge is 0.225 e. The van der Waals surface area contributed by atoms with Crippen molar-refractivity contribution in [3.8, 4) is 10.6 Å². The van der Waals surface area contributed by atoms with Crippen molar-refractivity contribution in [1.29, 1.82) is 0 Å². The summed E-state index contributed by atoms with van der Waals surface area (Å²) in [6.07, 6.45) is 3.47. The van der Waals surface area contributed by atoms with E-state index in [9.17, 15) is 19.0 Å². The molecule has 1 aromatic carbocycles. The van der Waals surface area contributed by atoms with E-state index < -0.39 is 29.4 Å². The average molecular weight is 499 g/mol. The van der Waals surface area contributed by atoms with Crippen molar-refractivity contribution in [3.05, 3.63) is 59.6 Å². The van der Waals surface area contributed by atoms with Crippen LogP contribution in [0.25, 0.3) is 20.8 Å². The lowest BCUT2D eigenvalue weighted by molar-refractivity contribution is -0.0439. The van der Waals surface area contributed by atoms with Gasteiger partial charge < -0.3 is 20.8 Å². The van der Waals surface area contributed by atoms with Gasteiger partial charge in [0.2, 0.25) is 5.95 Å². The van der Waals surface area contributed by atoms with Crippen molar-refractivity contribution in [2.75, 3.05) is 10.6 Å². The molecule has 4 aromatic rings. The molecule has 3 atom stereocenters. The minimum Gasteiger partial charge on any atom is -0.390 e. The molecule has 3 heterocycles. The Morgan fingerprint density at radius 3 is 2.60 bits per heavy atom. The van der Waals surface area contributed by atoms with Crippen molar-refractivity contribution in [2.45, 2.75) is 51.0 Å². The van der Waals surface area contributed by atoms with Gasteiger partial charge in [-0.05, 0) is 44.9 Å². The molecule has 0 saturated heterocycles. The van der Waals surface area contributed by atoms with E-state index >= 15 is 0 Å². The summed E-state index contributed by atoms with van der Waals surface area (Å²) in [4.78, 5) is 17.9. The summed E-state index contributed by atoms with van der Waals surface area (Å²) in [5, 5.41) is 27.9. The fraction of sp³-hybridized carbons (Fsp3) is 0.333. The minimum atomic E-state index is -1.36. The van der Waals surface area contributed by atoms with Crippen molar-refractivity contribution < 1.29 is 19.0 Å². The van der Waals surface area contributed by atoms with Gasteiger partial charge in [-0.25, -0.2) is 18.7 Å². The third-order valence-electron chi connectivity index (χ3n) is 6.40. The first-order valence-electron chi connectivity index (χ1n) is 11.2. The van der Waals surface area contributed by atoms with Crippen LogP contribution in [0.1, 0.15) is 31.0 Å². The summed E-state index contributed by atoms with van der Waals surface area (Å²) in [6.45, 7) is 3.23. The average Bonchev–Trinajstić information content (AvgIpc) is 3.34. The van der Waals surface area contributed by atoms with Crippen LogP contribution in [0.15, 0.2) is 36.7 Å². The number of nitrogens with one attached hydrogen (secondary N) is 2. The third kappa shape index (κ3) is 4.42. The number of aromatic nitrogens is 4. The molecule has 5 rings (SSSR count). The van der Waals surface area contributed by atoms with Crippen LogP contribution in [0.3, 0.4) is 0 Å². The highest BCUT2D eigenvalue weighted by Crippen LogP contribution is 2.39. The molecule has 0 amide bonds. The minimum absolute atomic E-state index is 0.118. The van der Waals surface area contributed by atoms with Gasteiger partial charge in [-0.15, -0.1) is 11.3 Å². The summed E-state index contributed by atoms with van der Waals surface area (Å²) < 4.78 is 29.1. The van der Waals surface area contributed by atoms with Gasteiger partial charge in [0.05, 0.1) is 34.3 Å². The maximum Gasteiger partial charge on any atom is 0.225 e. The van der Waals surface area contributed by atoms with Gasteiger partial charge in [0.1, 0.15) is 33.6 Å². The van der Waals surface area contributed by atoms with E-state index in [2.05, 4.69) is 30.6 Å². The van der Waals surface area contributed by atoms with E-state index in [1.807, 2.05) is 6.07 Å². The Kier molecular flexibility index (Phi) is 6.07. The fourth-order valence-corrected chi connectivity index (χ4v) is 5.32. The van der Waals surface area contributed by atoms with Crippen LogP contribution in [0, 0.1) is 18.6 Å². The second-order valence-electron chi connectivity index (χ2n) is 8.79. The maximum absolute atomic E-state index is 14.1. The van der Waals surface area contributed by atoms with Crippen LogP contribution < -0.4 is 10.6 Å². The van der Waals surface area contributed by atoms with Crippen molar-refractivity contribution >= 4 is 33.3 Å². The Labute approximate surface area is 204 Å². The van der Waals surface area contributed by atoms with Crippen LogP contribution in [0.4, 0.5) is 20.5 Å². The first kappa shape index (κ1) is 23.5. The molecule has 182 valence electrons. The Hall–Kier alpha value is -3.28. The lowest BCUT2D eigenvalue weighted by atomic mass is 9.98. The lowest BCUT2D eigenvalue weighted by Crippen LogP contribution is -2.47. The van der Waals surface area contributed by atoms with Crippen LogP contribution in [0.2, 0.25) is 0 Å². The number of halogens is 2. The molecule has 8 nitrogen and oxygen atoms in total. The highest BCUT2D eigenvalue weighted by molar-refractivity contribution is 7.21. The van der Waals surface area contributed by atoms with E-state index in [1.54, 1.807) is 26.2 Å². The van der Waals surface area contributed by atoms with Gasteiger partial charge in [-0.1, -0.05) is 6.07 Å². The fourth-order valence-electron chi connectivity index (χ4n) is 4.29. The number of anilines is 2. The van der Waals surface area contributed by atoms with Gasteiger partial charge in [0, 0.05) is 18.3 Å². The number of nitrogens with zero attached hydrogens (tertiary/aromatic N) is 4. The molecule has 1 aliphatic rings. The molecule has 11 heteroatoms. The van der Waals surface area contributed by atoms with Gasteiger partial charge in [-0.3, -0.25) is 4.98 Å². The van der Waals surface area contributed by atoms with Gasteiger partial charge in [-0.2, -0.15) is 4.98 Å². The first-order valence-corrected chi connectivity index (χ1v) is 12.0. The molecular weight excluding hydrogens is 474 g/mol. The number of thiazole rings is 1. The third-order valence-corrected chi connectivity index (χ3v) is 7.45. The maximum atomic E-state index is 14.1. The predicted octanol–water partition coefficient (Wildman–Crippen LogP) is 4.03. The van der Waals surface area contributed by atoms with E-state index in [-0.39, 0.29) is 18.1 Å². The van der Waals surface area contributed by atoms with E-state index in [4.69, 9.17) is 0 Å². The van der Waals surface area contributed by atoms with Gasteiger partial charge in [0.15, 0.2) is 0 Å². The molecule has 4 N–H and O–H groups in total. The number of aryl methyl sites for hydroxylation is 1. The topological polar surface area (TPSA) is 116 Å². The number of fused-ring (bicyclic) bond motifs is 1. The molecule has 1 aliphatic carbocycles. The van der Waals surface area contributed by atoms with E-state index in [0.717, 1.165) is 10.2 Å². The SMILES string of the molecule is Cc1nc(NCc2c(F)cccc2F)nc(N[C@@H]2CC[C@@H](O)[C@@]2(C)O)c1-c1nc2cnccc2s1. The molecular formula is C24H24F2N6O2S. The quantitative estimate of drug-likeness (QED) is 0.315. The zero-order valence-corrected chi connectivity index (χ0v) is 19.9. The van der Waals surface area contributed by atoms with Crippen molar-refractivity contribution in [3.63, 3.8) is 0 Å². The normalized spacial score (nSPS) is 22.0. The first-order chi connectivity index (χ1) is 16.7. The van der Waals surface area contributed by atoms with Gasteiger partial charge >= 0.3 is 0 Å². The molecule has 1 fully saturated rings. The second kappa shape index (κ2) is 9.06. The largest absolute Gasteiger partial charge is 0.390 e. The molecule has 0 spiro atoms. The number of pyridine rings is 1. The number of hydrogen-bond donors (Lipinski definition) is 4. The monoisotopic (exact) mass is 498 g/mol. The van der Waals surface area contributed by atoms with Crippen molar-refractivity contribution in [2.24, 2.45) is 0 Å². The summed E-state index contributed by atoms with van der Waals surface area (Å²) >= 11 is 1.45. The summed E-state index contributed by atoms with van der Waals surface area (Å²) in [7, 11) is 0. The summed E-state index contributed by atoms with van der Waals surface area (Å²) in [5.41, 5.74) is 0.485. The van der Waals surface area contributed by atoms with Gasteiger partial charge in [0.25, 0.3) is 0 Å². The molecule has 0 aliphatic heterocycles. The number of rotatable bonds is 6. The summed E-state index contributed by atoms with van der Waals surface area (Å²) in [6, 6.07) is 5.09. The number of aliphatic hydroxyl groups is 2. The second-order valence-corrected chi connectivity index (χ2v) is 9.82. The number of hydrogen-bond acceptors (Lipinski definition) is 9. The van der Waals surface area contributed by atoms with Crippen LogP contribution in [0.5, 0.6) is 0 Å². The predicted molar refractivity (Wildman–Crippen MR) is 130 cm³/mol. The van der Waals surface area contributed by atoms with Crippen LogP contribution >= 0.6 is 11.3 Å². The van der Waals surface area contributed by atoms with Crippen molar-refractivity contribution in [1.82, 2.24) is 19.9 Å². The molecule has 3 aromatic heterocycles. The zero-order valence-electron chi connectivity index (χ0n) is 19.1. The van der Waals surface area contributed by atoms with Crippen LogP contribution in [-0.4, -0.2) is 47.9 Å².